The molecule has 1 aliphatic carbocycles. The van der Waals surface area contributed by atoms with Gasteiger partial charge in [0.05, 0.1) is 0 Å². The van der Waals surface area contributed by atoms with Gasteiger partial charge in [-0.2, -0.15) is 0 Å². The fourth-order valence-corrected chi connectivity index (χ4v) is 4.23. The minimum absolute atomic E-state index is 0.866. The maximum atomic E-state index is 2.77. The molecule has 0 unspecified atom stereocenters. The highest BCUT2D eigenvalue weighted by Crippen LogP contribution is 2.37. The van der Waals surface area contributed by atoms with Gasteiger partial charge in [0, 0.05) is 24.8 Å². The van der Waals surface area contributed by atoms with Crippen LogP contribution in [0.15, 0.2) is 11.8 Å². The number of allylic oxidation sites excluding steroid dienone is 1. The van der Waals surface area contributed by atoms with Gasteiger partial charge < -0.3 is 4.90 Å². The molecule has 2 atom stereocenters. The summed E-state index contributed by atoms with van der Waals surface area (Å²) in [6.07, 6.45) is 12.3. The Bertz CT molecular complexity index is 302. The molecule has 2 heterocycles. The summed E-state index contributed by atoms with van der Waals surface area (Å²) in [5, 5.41) is 0. The maximum absolute atomic E-state index is 2.77. The minimum atomic E-state index is 0.866. The van der Waals surface area contributed by atoms with E-state index in [1.54, 1.807) is 5.70 Å². The number of hydrogen-bond donors (Lipinski definition) is 0. The summed E-state index contributed by atoms with van der Waals surface area (Å²) in [5.74, 6) is 0.950. The second-order valence-corrected chi connectivity index (χ2v) is 6.34. The zero-order chi connectivity index (χ0) is 12.4. The van der Waals surface area contributed by atoms with Gasteiger partial charge in [-0.05, 0) is 64.0 Å². The highest BCUT2D eigenvalue weighted by molar-refractivity contribution is 5.11. The van der Waals surface area contributed by atoms with E-state index in [1.165, 1.54) is 71.1 Å². The average Bonchev–Trinajstić information content (AvgIpc) is 2.93. The summed E-state index contributed by atoms with van der Waals surface area (Å²) in [7, 11) is 0. The quantitative estimate of drug-likeness (QED) is 0.756. The molecular formula is C16H28N2. The summed E-state index contributed by atoms with van der Waals surface area (Å²) in [6, 6.07) is 0.866. The normalized spacial score (nSPS) is 33.4. The highest BCUT2D eigenvalue weighted by Gasteiger charge is 2.34. The van der Waals surface area contributed by atoms with Crippen LogP contribution in [0.5, 0.6) is 0 Å². The summed E-state index contributed by atoms with van der Waals surface area (Å²) in [5.41, 5.74) is 1.69. The van der Waals surface area contributed by atoms with E-state index in [0.717, 1.165) is 12.0 Å². The molecule has 3 rings (SSSR count). The molecule has 0 aromatic heterocycles. The predicted octanol–water partition coefficient (Wildman–Crippen LogP) is 3.25. The summed E-state index contributed by atoms with van der Waals surface area (Å²) >= 11 is 0. The molecule has 0 saturated carbocycles. The Morgan fingerprint density at radius 2 is 2.00 bits per heavy atom. The zero-order valence-corrected chi connectivity index (χ0v) is 11.9. The fourth-order valence-electron chi connectivity index (χ4n) is 4.23. The average molecular weight is 248 g/mol. The minimum Gasteiger partial charge on any atom is -0.375 e. The first kappa shape index (κ1) is 12.5. The van der Waals surface area contributed by atoms with Crippen molar-refractivity contribution in [2.75, 3.05) is 26.2 Å². The van der Waals surface area contributed by atoms with Gasteiger partial charge in [-0.3, -0.25) is 4.90 Å². The van der Waals surface area contributed by atoms with Crippen LogP contribution in [-0.4, -0.2) is 42.0 Å². The number of rotatable bonds is 3. The SMILES string of the molecule is CCCN1CCC[C@@H]2CC(N3CCCC3)=CC[C@H]21. The Balaban J connectivity index is 1.66. The summed E-state index contributed by atoms with van der Waals surface area (Å²) in [6.45, 7) is 7.62. The van der Waals surface area contributed by atoms with E-state index in [2.05, 4.69) is 22.8 Å². The Labute approximate surface area is 112 Å². The summed E-state index contributed by atoms with van der Waals surface area (Å²) in [4.78, 5) is 5.43. The van der Waals surface area contributed by atoms with Crippen LogP contribution in [0.25, 0.3) is 0 Å². The fraction of sp³-hybridized carbons (Fsp3) is 0.875. The molecule has 2 fully saturated rings. The van der Waals surface area contributed by atoms with Crippen LogP contribution in [0.2, 0.25) is 0 Å². The maximum Gasteiger partial charge on any atom is 0.0175 e. The number of nitrogens with zero attached hydrogens (tertiary/aromatic N) is 2. The first-order chi connectivity index (χ1) is 8.88. The van der Waals surface area contributed by atoms with Gasteiger partial charge in [0.2, 0.25) is 0 Å². The van der Waals surface area contributed by atoms with Crippen molar-refractivity contribution in [3.05, 3.63) is 11.8 Å². The zero-order valence-electron chi connectivity index (χ0n) is 11.9. The van der Waals surface area contributed by atoms with Crippen molar-refractivity contribution in [2.45, 2.75) is 57.9 Å². The van der Waals surface area contributed by atoms with Crippen molar-refractivity contribution in [1.82, 2.24) is 9.80 Å². The second-order valence-electron chi connectivity index (χ2n) is 6.34. The monoisotopic (exact) mass is 248 g/mol. The lowest BCUT2D eigenvalue weighted by Gasteiger charge is -2.44. The van der Waals surface area contributed by atoms with Gasteiger partial charge >= 0.3 is 0 Å². The Kier molecular flexibility index (Phi) is 3.93. The molecule has 0 aromatic rings. The van der Waals surface area contributed by atoms with Crippen LogP contribution in [0, 0.1) is 5.92 Å². The first-order valence-electron chi connectivity index (χ1n) is 8.06. The van der Waals surface area contributed by atoms with E-state index in [0.29, 0.717) is 0 Å². The van der Waals surface area contributed by atoms with Crippen LogP contribution in [0.3, 0.4) is 0 Å². The number of fused-ring (bicyclic) bond motifs is 1. The van der Waals surface area contributed by atoms with Crippen molar-refractivity contribution in [3.8, 4) is 0 Å². The lowest BCUT2D eigenvalue weighted by molar-refractivity contribution is 0.0826. The highest BCUT2D eigenvalue weighted by atomic mass is 15.2. The molecule has 2 aliphatic heterocycles. The second kappa shape index (κ2) is 5.64. The van der Waals surface area contributed by atoms with Crippen molar-refractivity contribution < 1.29 is 0 Å². The van der Waals surface area contributed by atoms with E-state index >= 15 is 0 Å². The Hall–Kier alpha value is -0.500. The van der Waals surface area contributed by atoms with Crippen molar-refractivity contribution in [2.24, 2.45) is 5.92 Å². The van der Waals surface area contributed by atoms with E-state index < -0.39 is 0 Å². The molecule has 0 aromatic carbocycles. The Morgan fingerprint density at radius 3 is 2.78 bits per heavy atom. The largest absolute Gasteiger partial charge is 0.375 e. The van der Waals surface area contributed by atoms with Gasteiger partial charge in [0.1, 0.15) is 0 Å². The summed E-state index contributed by atoms with van der Waals surface area (Å²) < 4.78 is 0. The van der Waals surface area contributed by atoms with Gasteiger partial charge in [-0.1, -0.05) is 13.0 Å². The molecule has 0 radical (unpaired) electrons. The molecule has 0 spiro atoms. The van der Waals surface area contributed by atoms with Crippen LogP contribution < -0.4 is 0 Å². The molecule has 0 bridgehead atoms. The lowest BCUT2D eigenvalue weighted by Crippen LogP contribution is -2.47. The molecule has 3 aliphatic rings. The van der Waals surface area contributed by atoms with Gasteiger partial charge in [-0.15, -0.1) is 0 Å². The van der Waals surface area contributed by atoms with E-state index in [9.17, 15) is 0 Å². The van der Waals surface area contributed by atoms with Crippen molar-refractivity contribution in [3.63, 3.8) is 0 Å². The third-order valence-electron chi connectivity index (χ3n) is 5.12. The smallest absolute Gasteiger partial charge is 0.0175 e. The van der Waals surface area contributed by atoms with Gasteiger partial charge in [0.15, 0.2) is 0 Å². The number of piperidine rings is 1. The van der Waals surface area contributed by atoms with Crippen molar-refractivity contribution >= 4 is 0 Å². The third kappa shape index (κ3) is 2.45. The molecule has 2 saturated heterocycles. The van der Waals surface area contributed by atoms with Gasteiger partial charge in [0.25, 0.3) is 0 Å². The van der Waals surface area contributed by atoms with Crippen LogP contribution in [0.1, 0.15) is 51.9 Å². The molecule has 18 heavy (non-hydrogen) atoms. The van der Waals surface area contributed by atoms with E-state index in [1.807, 2.05) is 0 Å². The first-order valence-corrected chi connectivity index (χ1v) is 8.06. The number of likely N-dealkylation sites (tertiary alicyclic amines) is 2. The molecule has 0 N–H and O–H groups in total. The van der Waals surface area contributed by atoms with Crippen LogP contribution in [-0.2, 0) is 0 Å². The number of hydrogen-bond acceptors (Lipinski definition) is 2. The third-order valence-corrected chi connectivity index (χ3v) is 5.12. The van der Waals surface area contributed by atoms with Crippen LogP contribution >= 0.6 is 0 Å². The molecule has 2 heteroatoms. The predicted molar refractivity (Wildman–Crippen MR) is 76.5 cm³/mol. The Morgan fingerprint density at radius 1 is 1.17 bits per heavy atom. The molecular weight excluding hydrogens is 220 g/mol. The molecule has 2 nitrogen and oxygen atoms in total. The molecule has 0 amide bonds. The van der Waals surface area contributed by atoms with Crippen LogP contribution in [0.4, 0.5) is 0 Å². The van der Waals surface area contributed by atoms with Crippen molar-refractivity contribution in [1.29, 1.82) is 0 Å². The van der Waals surface area contributed by atoms with E-state index in [-0.39, 0.29) is 0 Å². The molecule has 102 valence electrons. The van der Waals surface area contributed by atoms with E-state index in [4.69, 9.17) is 0 Å². The van der Waals surface area contributed by atoms with Gasteiger partial charge in [-0.25, -0.2) is 0 Å². The standard InChI is InChI=1S/C16H28N2/c1-2-9-18-12-5-6-14-13-15(7-8-16(14)18)17-10-3-4-11-17/h7,14,16H,2-6,8-13H2,1H3/t14-,16-/m1/s1. The lowest BCUT2D eigenvalue weighted by atomic mass is 9.80. The topological polar surface area (TPSA) is 6.48 Å².